The van der Waals surface area contributed by atoms with Gasteiger partial charge in [-0.05, 0) is 36.8 Å². The first-order valence-electron chi connectivity index (χ1n) is 10.3. The molecular weight excluding hydrogens is 477 g/mol. The highest BCUT2D eigenvalue weighted by molar-refractivity contribution is 6.36. The van der Waals surface area contributed by atoms with E-state index in [1.807, 2.05) is 31.2 Å². The fourth-order valence-electron chi connectivity index (χ4n) is 2.94. The predicted molar refractivity (Wildman–Crippen MR) is 133 cm³/mol. The molecule has 2 amide bonds. The van der Waals surface area contributed by atoms with Gasteiger partial charge in [-0.25, -0.2) is 5.43 Å². The Morgan fingerprint density at radius 1 is 0.971 bits per heavy atom. The molecule has 7 nitrogen and oxygen atoms in total. The number of nitrogens with zero attached hydrogens (tertiary/aromatic N) is 1. The zero-order chi connectivity index (χ0) is 24.5. The number of hydrogen-bond acceptors (Lipinski definition) is 5. The van der Waals surface area contributed by atoms with Crippen molar-refractivity contribution in [2.75, 3.05) is 7.11 Å². The maximum Gasteiger partial charge on any atom is 0.329 e. The molecule has 0 aliphatic carbocycles. The fourth-order valence-corrected chi connectivity index (χ4v) is 3.45. The molecule has 34 heavy (non-hydrogen) atoms. The third-order valence-electron chi connectivity index (χ3n) is 4.80. The minimum absolute atomic E-state index is 0.0908. The number of nitrogens with one attached hydrogen (secondary N) is 2. The van der Waals surface area contributed by atoms with E-state index >= 15 is 0 Å². The van der Waals surface area contributed by atoms with Crippen LogP contribution in [0.1, 0.15) is 22.3 Å². The monoisotopic (exact) mass is 499 g/mol. The molecule has 0 spiro atoms. The van der Waals surface area contributed by atoms with Crippen molar-refractivity contribution in [3.8, 4) is 11.5 Å². The number of methoxy groups -OCH3 is 1. The smallest absolute Gasteiger partial charge is 0.329 e. The van der Waals surface area contributed by atoms with Gasteiger partial charge in [-0.1, -0.05) is 65.2 Å². The minimum atomic E-state index is -0.892. The molecular formula is C25H23Cl2N3O4. The Kier molecular flexibility index (Phi) is 8.90. The Labute approximate surface area is 207 Å². The number of hydrogen-bond donors (Lipinski definition) is 2. The van der Waals surface area contributed by atoms with E-state index in [9.17, 15) is 9.59 Å². The van der Waals surface area contributed by atoms with Crippen molar-refractivity contribution in [1.82, 2.24) is 10.7 Å². The summed E-state index contributed by atoms with van der Waals surface area (Å²) in [5.74, 6) is -0.859. The molecule has 0 fully saturated rings. The summed E-state index contributed by atoms with van der Waals surface area (Å²) in [5.41, 5.74) is 5.34. The average molecular weight is 500 g/mol. The van der Waals surface area contributed by atoms with Gasteiger partial charge in [0.1, 0.15) is 6.61 Å². The summed E-state index contributed by atoms with van der Waals surface area (Å²) in [7, 11) is 1.51. The summed E-state index contributed by atoms with van der Waals surface area (Å²) in [6.07, 6.45) is 1.36. The second-order valence-corrected chi connectivity index (χ2v) is 8.05. The van der Waals surface area contributed by atoms with Crippen LogP contribution in [0.5, 0.6) is 11.5 Å². The largest absolute Gasteiger partial charge is 0.493 e. The van der Waals surface area contributed by atoms with Gasteiger partial charge in [-0.3, -0.25) is 9.59 Å². The lowest BCUT2D eigenvalue weighted by atomic mass is 10.1. The summed E-state index contributed by atoms with van der Waals surface area (Å²) in [6, 6.07) is 18.0. The molecule has 3 rings (SSSR count). The van der Waals surface area contributed by atoms with Crippen LogP contribution < -0.4 is 20.2 Å². The maximum atomic E-state index is 12.1. The first kappa shape index (κ1) is 25.1. The first-order valence-corrected chi connectivity index (χ1v) is 11.0. The molecule has 0 saturated carbocycles. The highest BCUT2D eigenvalue weighted by atomic mass is 35.5. The number of hydrazone groups is 1. The lowest BCUT2D eigenvalue weighted by Crippen LogP contribution is -2.37. The molecule has 3 aromatic carbocycles. The summed E-state index contributed by atoms with van der Waals surface area (Å²) in [4.78, 5) is 24.1. The molecule has 0 radical (unpaired) electrons. The molecule has 0 aliphatic rings. The number of ether oxygens (including phenoxy) is 2. The van der Waals surface area contributed by atoms with Crippen LogP contribution in [0.15, 0.2) is 65.8 Å². The highest BCUT2D eigenvalue weighted by Crippen LogP contribution is 2.32. The van der Waals surface area contributed by atoms with Crippen LogP contribution >= 0.6 is 23.2 Å². The van der Waals surface area contributed by atoms with E-state index < -0.39 is 11.8 Å². The van der Waals surface area contributed by atoms with Crippen molar-refractivity contribution in [2.24, 2.45) is 5.10 Å². The van der Waals surface area contributed by atoms with E-state index in [2.05, 4.69) is 15.8 Å². The third-order valence-corrected chi connectivity index (χ3v) is 5.51. The number of aryl methyl sites for hydroxylation is 1. The fraction of sp³-hybridized carbons (Fsp3) is 0.160. The van der Waals surface area contributed by atoms with Crippen molar-refractivity contribution in [3.05, 3.63) is 93.0 Å². The Hall–Kier alpha value is -3.55. The molecule has 2 N–H and O–H groups in total. The Morgan fingerprint density at radius 3 is 2.32 bits per heavy atom. The van der Waals surface area contributed by atoms with Crippen LogP contribution in [-0.2, 0) is 22.7 Å². The summed E-state index contributed by atoms with van der Waals surface area (Å²) < 4.78 is 11.3. The van der Waals surface area contributed by atoms with E-state index in [1.54, 1.807) is 36.4 Å². The van der Waals surface area contributed by atoms with Crippen molar-refractivity contribution in [2.45, 2.75) is 20.1 Å². The van der Waals surface area contributed by atoms with Gasteiger partial charge in [0.2, 0.25) is 0 Å². The number of halogens is 2. The third kappa shape index (κ3) is 6.73. The van der Waals surface area contributed by atoms with Gasteiger partial charge in [0, 0.05) is 27.7 Å². The molecule has 9 heteroatoms. The topological polar surface area (TPSA) is 89.0 Å². The quantitative estimate of drug-likeness (QED) is 0.268. The second kappa shape index (κ2) is 12.1. The van der Waals surface area contributed by atoms with Crippen LogP contribution in [0.4, 0.5) is 0 Å². The van der Waals surface area contributed by atoms with Crippen molar-refractivity contribution >= 4 is 41.2 Å². The number of rotatable bonds is 8. The maximum absolute atomic E-state index is 12.1. The molecule has 0 unspecified atom stereocenters. The Balaban J connectivity index is 1.63. The Bertz CT molecular complexity index is 1180. The molecule has 0 saturated heterocycles. The minimum Gasteiger partial charge on any atom is -0.493 e. The lowest BCUT2D eigenvalue weighted by molar-refractivity contribution is -0.139. The zero-order valence-electron chi connectivity index (χ0n) is 18.6. The second-order valence-electron chi connectivity index (χ2n) is 7.23. The van der Waals surface area contributed by atoms with Gasteiger partial charge < -0.3 is 14.8 Å². The van der Waals surface area contributed by atoms with E-state index in [1.165, 1.54) is 13.3 Å². The van der Waals surface area contributed by atoms with Gasteiger partial charge in [0.05, 0.1) is 13.3 Å². The summed E-state index contributed by atoms with van der Waals surface area (Å²) in [6.45, 7) is 2.29. The molecule has 0 heterocycles. The molecule has 3 aromatic rings. The first-order chi connectivity index (χ1) is 16.4. The molecule has 0 aliphatic heterocycles. The van der Waals surface area contributed by atoms with Crippen molar-refractivity contribution < 1.29 is 19.1 Å². The van der Waals surface area contributed by atoms with E-state index in [-0.39, 0.29) is 13.2 Å². The van der Waals surface area contributed by atoms with Crippen LogP contribution in [0.3, 0.4) is 0 Å². The number of carbonyl (C=O) groups excluding carboxylic acids is 2. The van der Waals surface area contributed by atoms with E-state index in [0.717, 1.165) is 11.1 Å². The van der Waals surface area contributed by atoms with Gasteiger partial charge in [0.25, 0.3) is 0 Å². The normalized spacial score (nSPS) is 10.7. The predicted octanol–water partition coefficient (Wildman–Crippen LogP) is 4.66. The number of carbonyl (C=O) groups is 2. The van der Waals surface area contributed by atoms with Crippen LogP contribution in [-0.4, -0.2) is 25.1 Å². The number of para-hydroxylation sites is 1. The van der Waals surface area contributed by atoms with Gasteiger partial charge in [0.15, 0.2) is 11.5 Å². The van der Waals surface area contributed by atoms with Gasteiger partial charge in [-0.2, -0.15) is 5.10 Å². The summed E-state index contributed by atoms with van der Waals surface area (Å²) in [5, 5.41) is 7.38. The molecule has 0 aromatic heterocycles. The number of benzene rings is 3. The van der Waals surface area contributed by atoms with E-state index in [0.29, 0.717) is 32.7 Å². The highest BCUT2D eigenvalue weighted by Gasteiger charge is 2.14. The molecule has 176 valence electrons. The SMILES string of the molecule is COc1cccc(/C=N\NC(=O)C(=O)NCc2ccc(C)cc2)c1OCc1c(Cl)cccc1Cl. The van der Waals surface area contributed by atoms with Crippen LogP contribution in [0, 0.1) is 6.92 Å². The Morgan fingerprint density at radius 2 is 1.65 bits per heavy atom. The molecule has 0 bridgehead atoms. The van der Waals surface area contributed by atoms with Gasteiger partial charge in [-0.15, -0.1) is 0 Å². The average Bonchev–Trinajstić information content (AvgIpc) is 2.83. The van der Waals surface area contributed by atoms with Crippen molar-refractivity contribution in [1.29, 1.82) is 0 Å². The lowest BCUT2D eigenvalue weighted by Gasteiger charge is -2.14. The standard InChI is InChI=1S/C25H23Cl2N3O4/c1-16-9-11-17(12-10-16)13-28-24(31)25(32)30-29-14-18-5-3-8-22(33-2)23(18)34-15-19-20(26)6-4-7-21(19)27/h3-12,14H,13,15H2,1-2H3,(H,28,31)(H,30,32)/b29-14-. The number of amides is 2. The van der Waals surface area contributed by atoms with Crippen LogP contribution in [0.2, 0.25) is 10.0 Å². The summed E-state index contributed by atoms with van der Waals surface area (Å²) >= 11 is 12.4. The van der Waals surface area contributed by atoms with Crippen LogP contribution in [0.25, 0.3) is 0 Å². The molecule has 0 atom stereocenters. The van der Waals surface area contributed by atoms with Gasteiger partial charge >= 0.3 is 11.8 Å². The zero-order valence-corrected chi connectivity index (χ0v) is 20.1. The van der Waals surface area contributed by atoms with E-state index in [4.69, 9.17) is 32.7 Å². The van der Waals surface area contributed by atoms with Crippen molar-refractivity contribution in [3.63, 3.8) is 0 Å².